The Hall–Kier alpha value is -4.12. The Kier molecular flexibility index (Phi) is 15.1. The molecule has 1 saturated carbocycles. The summed E-state index contributed by atoms with van der Waals surface area (Å²) < 4.78 is 5.77. The van der Waals surface area contributed by atoms with Gasteiger partial charge in [0.1, 0.15) is 17.8 Å². The first-order valence-electron chi connectivity index (χ1n) is 18.8. The van der Waals surface area contributed by atoms with Gasteiger partial charge >= 0.3 is 0 Å². The molecule has 1 aliphatic carbocycles. The molecule has 2 aromatic carbocycles. The highest BCUT2D eigenvalue weighted by Gasteiger charge is 2.33. The largest absolute Gasteiger partial charge is 0.493 e. The van der Waals surface area contributed by atoms with Crippen molar-refractivity contribution in [3.8, 4) is 5.75 Å². The van der Waals surface area contributed by atoms with Gasteiger partial charge in [-0.15, -0.1) is 0 Å². The number of anilines is 1. The standard InChI is InChI=1S/C40H59N5O6/c1-25(2)17-33(39(49)44-32(18-27-11-7-5-8-12-27)35(46)22-37(47)42-23-26(3)4)45-40(50)34(19-28-13-9-6-10-14-28)43-38(48)20-29-24-51-36-16-15-30(41)21-31(29)36/h6,9-10,13-16,21,25-27,29,32-35,46H,5,7-8,11-12,17-20,22-24,41H2,1-4H3,(H,42,47)(H,43,48)(H,44,49)(H,45,50)/t29?,32-,33-,34-,35-/m0/s1. The summed E-state index contributed by atoms with van der Waals surface area (Å²) in [4.78, 5) is 54.2. The van der Waals surface area contributed by atoms with Gasteiger partial charge in [-0.2, -0.15) is 0 Å². The number of nitrogen functional groups attached to an aromatic ring is 1. The number of aliphatic hydroxyl groups is 1. The third kappa shape index (κ3) is 12.9. The second-order valence-electron chi connectivity index (χ2n) is 15.3. The Labute approximate surface area is 303 Å². The molecular weight excluding hydrogens is 646 g/mol. The van der Waals surface area contributed by atoms with Crippen LogP contribution in [0.4, 0.5) is 5.69 Å². The van der Waals surface area contributed by atoms with E-state index in [-0.39, 0.29) is 48.8 Å². The lowest BCUT2D eigenvalue weighted by molar-refractivity contribution is -0.133. The van der Waals surface area contributed by atoms with Crippen LogP contribution < -0.4 is 31.7 Å². The molecule has 4 amide bonds. The van der Waals surface area contributed by atoms with Gasteiger partial charge in [0.05, 0.1) is 25.2 Å². The van der Waals surface area contributed by atoms with Crippen LogP contribution in [0.15, 0.2) is 48.5 Å². The fraction of sp³-hybridized carbons (Fsp3) is 0.600. The van der Waals surface area contributed by atoms with Gasteiger partial charge in [-0.05, 0) is 54.4 Å². The Morgan fingerprint density at radius 3 is 2.25 bits per heavy atom. The Morgan fingerprint density at radius 1 is 0.863 bits per heavy atom. The fourth-order valence-corrected chi connectivity index (χ4v) is 7.08. The summed E-state index contributed by atoms with van der Waals surface area (Å²) in [5, 5.41) is 23.1. The first kappa shape index (κ1) is 39.7. The van der Waals surface area contributed by atoms with Crippen LogP contribution >= 0.6 is 0 Å². The summed E-state index contributed by atoms with van der Waals surface area (Å²) in [5.74, 6) is -0.314. The van der Waals surface area contributed by atoms with Crippen molar-refractivity contribution in [1.82, 2.24) is 21.3 Å². The summed E-state index contributed by atoms with van der Waals surface area (Å²) in [6, 6.07) is 12.3. The molecule has 2 aliphatic rings. The van der Waals surface area contributed by atoms with E-state index in [4.69, 9.17) is 10.5 Å². The van der Waals surface area contributed by atoms with Crippen molar-refractivity contribution in [3.05, 3.63) is 59.7 Å². The topological polar surface area (TPSA) is 172 Å². The van der Waals surface area contributed by atoms with Crippen molar-refractivity contribution in [2.75, 3.05) is 18.9 Å². The van der Waals surface area contributed by atoms with Crippen LogP contribution in [0.3, 0.4) is 0 Å². The lowest BCUT2D eigenvalue weighted by Crippen LogP contribution is -2.57. The van der Waals surface area contributed by atoms with E-state index in [2.05, 4.69) is 21.3 Å². The fourth-order valence-electron chi connectivity index (χ4n) is 7.08. The Morgan fingerprint density at radius 2 is 1.57 bits per heavy atom. The van der Waals surface area contributed by atoms with E-state index < -0.39 is 36.0 Å². The number of nitrogens with one attached hydrogen (secondary N) is 4. The summed E-state index contributed by atoms with van der Waals surface area (Å²) in [6.07, 6.45) is 5.44. The molecule has 5 atom stereocenters. The van der Waals surface area contributed by atoms with Crippen LogP contribution in [-0.2, 0) is 25.6 Å². The quantitative estimate of drug-likeness (QED) is 0.125. The van der Waals surface area contributed by atoms with Crippen LogP contribution in [0.2, 0.25) is 0 Å². The predicted molar refractivity (Wildman–Crippen MR) is 199 cm³/mol. The highest BCUT2D eigenvalue weighted by molar-refractivity contribution is 5.92. The molecule has 0 aromatic heterocycles. The molecule has 0 radical (unpaired) electrons. The number of benzene rings is 2. The second kappa shape index (κ2) is 19.5. The van der Waals surface area contributed by atoms with E-state index in [9.17, 15) is 24.3 Å². The van der Waals surface area contributed by atoms with E-state index >= 15 is 0 Å². The molecule has 280 valence electrons. The highest BCUT2D eigenvalue weighted by Crippen LogP contribution is 2.37. The molecule has 1 heterocycles. The number of hydrogen-bond donors (Lipinski definition) is 6. The number of hydrogen-bond acceptors (Lipinski definition) is 7. The molecule has 2 aromatic rings. The smallest absolute Gasteiger partial charge is 0.243 e. The minimum atomic E-state index is -1.08. The lowest BCUT2D eigenvalue weighted by Gasteiger charge is -2.32. The summed E-state index contributed by atoms with van der Waals surface area (Å²) in [6.45, 7) is 8.79. The van der Waals surface area contributed by atoms with Gasteiger partial charge in [0.15, 0.2) is 0 Å². The monoisotopic (exact) mass is 705 g/mol. The molecule has 0 bridgehead atoms. The highest BCUT2D eigenvalue weighted by atomic mass is 16.5. The predicted octanol–water partition coefficient (Wildman–Crippen LogP) is 4.37. The lowest BCUT2D eigenvalue weighted by atomic mass is 9.83. The van der Waals surface area contributed by atoms with Crippen molar-refractivity contribution in [3.63, 3.8) is 0 Å². The van der Waals surface area contributed by atoms with Gasteiger partial charge < -0.3 is 36.8 Å². The van der Waals surface area contributed by atoms with Crippen molar-refractivity contribution < 1.29 is 29.0 Å². The average Bonchev–Trinajstić information content (AvgIpc) is 3.48. The van der Waals surface area contributed by atoms with Gasteiger partial charge in [-0.1, -0.05) is 90.1 Å². The first-order chi connectivity index (χ1) is 24.4. The van der Waals surface area contributed by atoms with Crippen LogP contribution in [0, 0.1) is 17.8 Å². The van der Waals surface area contributed by atoms with Gasteiger partial charge in [-0.25, -0.2) is 0 Å². The molecule has 4 rings (SSSR count). The maximum absolute atomic E-state index is 14.0. The number of carbonyl (C=O) groups excluding carboxylic acids is 4. The third-order valence-corrected chi connectivity index (χ3v) is 9.83. The van der Waals surface area contributed by atoms with E-state index in [0.717, 1.165) is 36.8 Å². The minimum absolute atomic E-state index is 0.0571. The zero-order chi connectivity index (χ0) is 36.9. The molecule has 1 aliphatic heterocycles. The summed E-state index contributed by atoms with van der Waals surface area (Å²) in [7, 11) is 0. The van der Waals surface area contributed by atoms with Crippen molar-refractivity contribution in [2.24, 2.45) is 17.8 Å². The minimum Gasteiger partial charge on any atom is -0.493 e. The number of aliphatic hydroxyl groups excluding tert-OH is 1. The maximum atomic E-state index is 14.0. The average molecular weight is 706 g/mol. The van der Waals surface area contributed by atoms with Gasteiger partial charge in [0.25, 0.3) is 0 Å². The normalized spacial score (nSPS) is 18.2. The zero-order valence-corrected chi connectivity index (χ0v) is 30.8. The molecule has 11 nitrogen and oxygen atoms in total. The molecule has 1 unspecified atom stereocenters. The van der Waals surface area contributed by atoms with Gasteiger partial charge in [0, 0.05) is 36.6 Å². The zero-order valence-electron chi connectivity index (χ0n) is 30.8. The summed E-state index contributed by atoms with van der Waals surface area (Å²) in [5.41, 5.74) is 8.31. The van der Waals surface area contributed by atoms with E-state index in [1.165, 1.54) is 6.42 Å². The Balaban J connectivity index is 1.48. The van der Waals surface area contributed by atoms with Crippen molar-refractivity contribution in [2.45, 2.75) is 122 Å². The Bertz CT molecular complexity index is 1440. The molecule has 11 heteroatoms. The summed E-state index contributed by atoms with van der Waals surface area (Å²) >= 11 is 0. The van der Waals surface area contributed by atoms with Crippen LogP contribution in [0.1, 0.15) is 103 Å². The molecule has 7 N–H and O–H groups in total. The molecule has 0 spiro atoms. The molecule has 51 heavy (non-hydrogen) atoms. The van der Waals surface area contributed by atoms with Crippen LogP contribution in [0.25, 0.3) is 0 Å². The van der Waals surface area contributed by atoms with Gasteiger partial charge in [-0.3, -0.25) is 19.2 Å². The number of ether oxygens (including phenoxy) is 1. The number of nitrogens with two attached hydrogens (primary N) is 1. The molecule has 0 saturated heterocycles. The number of rotatable bonds is 18. The first-order valence-corrected chi connectivity index (χ1v) is 18.8. The van der Waals surface area contributed by atoms with E-state index in [0.29, 0.717) is 43.3 Å². The van der Waals surface area contributed by atoms with E-state index in [1.807, 2.05) is 64.1 Å². The molecular formula is C40H59N5O6. The number of amides is 4. The van der Waals surface area contributed by atoms with Crippen LogP contribution in [0.5, 0.6) is 5.75 Å². The van der Waals surface area contributed by atoms with Gasteiger partial charge in [0.2, 0.25) is 23.6 Å². The SMILES string of the molecule is CC(C)CNC(=O)C[C@H](O)[C@H](CC1CCCCC1)NC(=O)[C@H](CC(C)C)NC(=O)[C@H](Cc1ccccc1)NC(=O)CC1COc2ccc(N)cc21. The van der Waals surface area contributed by atoms with E-state index in [1.54, 1.807) is 12.1 Å². The maximum Gasteiger partial charge on any atom is 0.243 e. The van der Waals surface area contributed by atoms with Crippen molar-refractivity contribution in [1.29, 1.82) is 0 Å². The number of fused-ring (bicyclic) bond motifs is 1. The molecule has 1 fully saturated rings. The second-order valence-corrected chi connectivity index (χ2v) is 15.3. The number of carbonyl (C=O) groups is 4. The van der Waals surface area contributed by atoms with Crippen LogP contribution in [-0.4, -0.2) is 66.1 Å². The third-order valence-electron chi connectivity index (χ3n) is 9.83. The van der Waals surface area contributed by atoms with Crippen molar-refractivity contribution >= 4 is 29.3 Å².